The van der Waals surface area contributed by atoms with E-state index in [1.165, 1.54) is 0 Å². The third-order valence-corrected chi connectivity index (χ3v) is 7.24. The fourth-order valence-corrected chi connectivity index (χ4v) is 5.30. The molecule has 0 aliphatic carbocycles. The van der Waals surface area contributed by atoms with E-state index < -0.39 is 11.9 Å². The second kappa shape index (κ2) is 14.7. The number of hydrogen-bond donors (Lipinski definition) is 1. The van der Waals surface area contributed by atoms with Gasteiger partial charge in [0.2, 0.25) is 0 Å². The molecule has 0 unspecified atom stereocenters. The normalized spacial score (nSPS) is 14.4. The number of amides is 1. The highest BCUT2D eigenvalue weighted by atomic mass is 32.2. The van der Waals surface area contributed by atoms with Crippen molar-refractivity contribution in [3.05, 3.63) is 123 Å². The molecule has 8 nitrogen and oxygen atoms in total. The summed E-state index contributed by atoms with van der Waals surface area (Å²) < 4.78 is 17.3. The number of aliphatic hydroxyl groups excluding tert-OH is 1. The van der Waals surface area contributed by atoms with Crippen molar-refractivity contribution in [3.63, 3.8) is 0 Å². The SMILES string of the molecule is C=CCc1cc(/C=C2\SC(=NC(=O)c3ccccc3)C(C(=O)OCC)=C2O)cc(OCC)c1OCc1ccccc1C#N. The van der Waals surface area contributed by atoms with Crippen LogP contribution in [-0.4, -0.2) is 35.2 Å². The molecule has 1 aliphatic heterocycles. The first kappa shape index (κ1) is 30.9. The highest BCUT2D eigenvalue weighted by molar-refractivity contribution is 8.18. The van der Waals surface area contributed by atoms with Crippen molar-refractivity contribution >= 4 is 34.8 Å². The van der Waals surface area contributed by atoms with Crippen molar-refractivity contribution in [2.45, 2.75) is 26.9 Å². The molecular formula is C34H30N2O6S. The van der Waals surface area contributed by atoms with Gasteiger partial charge in [-0.1, -0.05) is 54.2 Å². The minimum absolute atomic E-state index is 0.0449. The molecule has 0 saturated heterocycles. The molecule has 3 aromatic carbocycles. The Balaban J connectivity index is 1.74. The summed E-state index contributed by atoms with van der Waals surface area (Å²) in [5.41, 5.74) is 2.86. The molecule has 0 spiro atoms. The van der Waals surface area contributed by atoms with Crippen molar-refractivity contribution in [2.24, 2.45) is 4.99 Å². The van der Waals surface area contributed by atoms with Crippen LogP contribution >= 0.6 is 11.8 Å². The maximum absolute atomic E-state index is 12.8. The van der Waals surface area contributed by atoms with E-state index in [0.29, 0.717) is 46.1 Å². The number of hydrogen-bond acceptors (Lipinski definition) is 8. The van der Waals surface area contributed by atoms with E-state index in [1.807, 2.05) is 25.1 Å². The van der Waals surface area contributed by atoms with Gasteiger partial charge >= 0.3 is 5.97 Å². The van der Waals surface area contributed by atoms with Gasteiger partial charge in [0.25, 0.3) is 5.91 Å². The van der Waals surface area contributed by atoms with E-state index in [0.717, 1.165) is 22.9 Å². The first-order valence-electron chi connectivity index (χ1n) is 13.6. The summed E-state index contributed by atoms with van der Waals surface area (Å²) in [6.45, 7) is 7.98. The van der Waals surface area contributed by atoms with E-state index in [9.17, 15) is 20.0 Å². The second-order valence-corrected chi connectivity index (χ2v) is 10.2. The lowest BCUT2D eigenvalue weighted by Crippen LogP contribution is -2.14. The van der Waals surface area contributed by atoms with Crippen molar-refractivity contribution in [2.75, 3.05) is 13.2 Å². The fraction of sp³-hybridized carbons (Fsp3) is 0.176. The highest BCUT2D eigenvalue weighted by Crippen LogP contribution is 2.41. The monoisotopic (exact) mass is 594 g/mol. The van der Waals surface area contributed by atoms with Gasteiger partial charge in [0.05, 0.1) is 29.8 Å². The number of esters is 1. The largest absolute Gasteiger partial charge is 0.506 e. The highest BCUT2D eigenvalue weighted by Gasteiger charge is 2.34. The number of benzene rings is 3. The molecule has 1 amide bonds. The Morgan fingerprint density at radius 1 is 1.02 bits per heavy atom. The summed E-state index contributed by atoms with van der Waals surface area (Å²) >= 11 is 0.996. The van der Waals surface area contributed by atoms with Crippen LogP contribution in [0.3, 0.4) is 0 Å². The number of nitriles is 1. The van der Waals surface area contributed by atoms with Gasteiger partial charge in [-0.05, 0) is 62.2 Å². The Morgan fingerprint density at radius 3 is 2.47 bits per heavy atom. The molecule has 0 fully saturated rings. The Labute approximate surface area is 254 Å². The van der Waals surface area contributed by atoms with Crippen molar-refractivity contribution < 1.29 is 28.9 Å². The molecule has 0 saturated carbocycles. The van der Waals surface area contributed by atoms with E-state index in [-0.39, 0.29) is 29.6 Å². The van der Waals surface area contributed by atoms with Gasteiger partial charge in [0.15, 0.2) is 11.5 Å². The summed E-state index contributed by atoms with van der Waals surface area (Å²) in [5, 5.41) is 20.6. The standard InChI is InChI=1S/C34H30N2O6S/c1-4-12-24-17-22(18-27(40-5-2)31(24)42-21-26-16-11-10-15-25(26)20-35)19-28-30(37)29(34(39)41-6-3)33(43-28)36-32(38)23-13-8-7-9-14-23/h4,7-11,13-19,37H,1,5-6,12,21H2,2-3H3/b28-19-,36-33?. The number of carbonyl (C=O) groups excluding carboxylic acids is 2. The first-order valence-corrected chi connectivity index (χ1v) is 14.4. The number of carbonyl (C=O) groups is 2. The Hall–Kier alpha value is -5.07. The van der Waals surface area contributed by atoms with Crippen LogP contribution < -0.4 is 9.47 Å². The van der Waals surface area contributed by atoms with Crippen molar-refractivity contribution in [1.82, 2.24) is 0 Å². The Bertz CT molecular complexity index is 1670. The van der Waals surface area contributed by atoms with Crippen LogP contribution in [0.4, 0.5) is 0 Å². The molecule has 1 aliphatic rings. The Kier molecular flexibility index (Phi) is 10.6. The number of allylic oxidation sites excluding steroid dienone is 1. The van der Waals surface area contributed by atoms with Crippen molar-refractivity contribution in [3.8, 4) is 17.6 Å². The predicted molar refractivity (Wildman–Crippen MR) is 167 cm³/mol. The molecule has 4 rings (SSSR count). The number of aliphatic hydroxyl groups is 1. The quantitative estimate of drug-likeness (QED) is 0.187. The van der Waals surface area contributed by atoms with Crippen LogP contribution in [0.5, 0.6) is 11.5 Å². The lowest BCUT2D eigenvalue weighted by Gasteiger charge is -2.17. The van der Waals surface area contributed by atoms with Crippen LogP contribution in [0.25, 0.3) is 6.08 Å². The summed E-state index contributed by atoms with van der Waals surface area (Å²) in [7, 11) is 0. The third kappa shape index (κ3) is 7.42. The predicted octanol–water partition coefficient (Wildman–Crippen LogP) is 6.97. The molecule has 1 N–H and O–H groups in total. The summed E-state index contributed by atoms with van der Waals surface area (Å²) in [4.78, 5) is 30.1. The van der Waals surface area contributed by atoms with Gasteiger partial charge in [-0.3, -0.25) is 4.79 Å². The molecule has 9 heteroatoms. The average molecular weight is 595 g/mol. The number of ether oxygens (including phenoxy) is 3. The average Bonchev–Trinajstić information content (AvgIpc) is 3.31. The molecular weight excluding hydrogens is 564 g/mol. The van der Waals surface area contributed by atoms with Crippen molar-refractivity contribution in [1.29, 1.82) is 5.26 Å². The maximum Gasteiger partial charge on any atom is 0.344 e. The van der Waals surface area contributed by atoms with Gasteiger partial charge in [-0.15, -0.1) is 6.58 Å². The van der Waals surface area contributed by atoms with Gasteiger partial charge in [0, 0.05) is 16.7 Å². The molecule has 3 aromatic rings. The van der Waals surface area contributed by atoms with E-state index in [1.54, 1.807) is 67.6 Å². The van der Waals surface area contributed by atoms with Crippen LogP contribution in [0.15, 0.2) is 101 Å². The molecule has 0 atom stereocenters. The zero-order valence-electron chi connectivity index (χ0n) is 23.8. The summed E-state index contributed by atoms with van der Waals surface area (Å²) in [6, 6.07) is 21.5. The molecule has 1 heterocycles. The summed E-state index contributed by atoms with van der Waals surface area (Å²) in [6.07, 6.45) is 3.87. The zero-order chi connectivity index (χ0) is 30.8. The number of rotatable bonds is 11. The van der Waals surface area contributed by atoms with Crippen LogP contribution in [0.1, 0.15) is 46.5 Å². The smallest absolute Gasteiger partial charge is 0.344 e. The number of thioether (sulfide) groups is 1. The van der Waals surface area contributed by atoms with Gasteiger partial charge < -0.3 is 19.3 Å². The minimum atomic E-state index is -0.778. The summed E-state index contributed by atoms with van der Waals surface area (Å²) in [5.74, 6) is -0.684. The fourth-order valence-electron chi connectivity index (χ4n) is 4.29. The van der Waals surface area contributed by atoms with E-state index in [2.05, 4.69) is 17.6 Å². The molecule has 218 valence electrons. The first-order chi connectivity index (χ1) is 20.9. The van der Waals surface area contributed by atoms with Crippen LogP contribution in [0, 0.1) is 11.3 Å². The molecule has 0 radical (unpaired) electrons. The zero-order valence-corrected chi connectivity index (χ0v) is 24.6. The third-order valence-electron chi connectivity index (χ3n) is 6.22. The molecule has 43 heavy (non-hydrogen) atoms. The van der Waals surface area contributed by atoms with E-state index >= 15 is 0 Å². The lowest BCUT2D eigenvalue weighted by atomic mass is 10.0. The topological polar surface area (TPSA) is 118 Å². The van der Waals surface area contributed by atoms with Gasteiger partial charge in [0.1, 0.15) is 23.0 Å². The maximum atomic E-state index is 12.8. The van der Waals surface area contributed by atoms with Gasteiger partial charge in [-0.2, -0.15) is 5.26 Å². The minimum Gasteiger partial charge on any atom is -0.506 e. The number of aliphatic imine (C=N–C) groups is 1. The second-order valence-electron chi connectivity index (χ2n) is 9.13. The Morgan fingerprint density at radius 2 is 1.77 bits per heavy atom. The van der Waals surface area contributed by atoms with E-state index in [4.69, 9.17) is 14.2 Å². The number of nitrogens with zero attached hydrogens (tertiary/aromatic N) is 2. The lowest BCUT2D eigenvalue weighted by molar-refractivity contribution is -0.138. The molecule has 0 bridgehead atoms. The van der Waals surface area contributed by atoms with Crippen LogP contribution in [-0.2, 0) is 22.6 Å². The van der Waals surface area contributed by atoms with Gasteiger partial charge in [-0.25, -0.2) is 9.79 Å². The molecule has 0 aromatic heterocycles. The van der Waals surface area contributed by atoms with Crippen LogP contribution in [0.2, 0.25) is 0 Å².